The van der Waals surface area contributed by atoms with Gasteiger partial charge in [0.05, 0.1) is 19.6 Å². The summed E-state index contributed by atoms with van der Waals surface area (Å²) in [6.07, 6.45) is 2.99. The first kappa shape index (κ1) is 16.3. The van der Waals surface area contributed by atoms with Gasteiger partial charge in [-0.2, -0.15) is 0 Å². The molecule has 5 nitrogen and oxygen atoms in total. The number of nitrogens with zero attached hydrogens (tertiary/aromatic N) is 1. The number of ether oxygens (including phenoxy) is 2. The fourth-order valence-corrected chi connectivity index (χ4v) is 3.66. The number of carbonyl (C=O) groups excluding carboxylic acids is 1. The van der Waals surface area contributed by atoms with E-state index < -0.39 is 0 Å². The van der Waals surface area contributed by atoms with Crippen molar-refractivity contribution in [3.63, 3.8) is 0 Å². The predicted molar refractivity (Wildman–Crippen MR) is 90.0 cm³/mol. The van der Waals surface area contributed by atoms with Crippen LogP contribution in [0.4, 0.5) is 5.69 Å². The van der Waals surface area contributed by atoms with E-state index in [0.29, 0.717) is 12.5 Å². The summed E-state index contributed by atoms with van der Waals surface area (Å²) in [5.41, 5.74) is 4.32. The summed E-state index contributed by atoms with van der Waals surface area (Å²) < 4.78 is 11.3. The molecule has 1 fully saturated rings. The first-order valence-electron chi connectivity index (χ1n) is 8.45. The number of hydrogen-bond acceptors (Lipinski definition) is 4. The molecule has 5 heteroatoms. The third kappa shape index (κ3) is 3.35. The molecule has 3 rings (SSSR count). The number of amides is 1. The molecule has 1 amide bonds. The lowest BCUT2D eigenvalue weighted by Crippen LogP contribution is -2.36. The summed E-state index contributed by atoms with van der Waals surface area (Å²) >= 11 is 0. The molecular weight excluding hydrogens is 292 g/mol. The van der Waals surface area contributed by atoms with E-state index in [4.69, 9.17) is 9.47 Å². The third-order valence-electron chi connectivity index (χ3n) is 4.85. The van der Waals surface area contributed by atoms with Crippen molar-refractivity contribution in [1.82, 2.24) is 4.90 Å². The molecule has 0 saturated carbocycles. The molecule has 2 heterocycles. The highest BCUT2D eigenvalue weighted by Gasteiger charge is 2.28. The second-order valence-electron chi connectivity index (χ2n) is 6.38. The number of benzene rings is 1. The van der Waals surface area contributed by atoms with Crippen molar-refractivity contribution in [1.29, 1.82) is 0 Å². The molecule has 1 aromatic rings. The fourth-order valence-electron chi connectivity index (χ4n) is 3.66. The Hall–Kier alpha value is -1.59. The highest BCUT2D eigenvalue weighted by Crippen LogP contribution is 2.37. The first-order chi connectivity index (χ1) is 11.1. The summed E-state index contributed by atoms with van der Waals surface area (Å²) in [5, 5.41) is 2.99. The number of rotatable bonds is 5. The van der Waals surface area contributed by atoms with Crippen molar-refractivity contribution < 1.29 is 14.3 Å². The predicted octanol–water partition coefficient (Wildman–Crippen LogP) is 2.50. The van der Waals surface area contributed by atoms with E-state index >= 15 is 0 Å². The van der Waals surface area contributed by atoms with Crippen LogP contribution in [0, 0.1) is 6.92 Å². The van der Waals surface area contributed by atoms with Gasteiger partial charge >= 0.3 is 0 Å². The van der Waals surface area contributed by atoms with Crippen LogP contribution in [0.15, 0.2) is 6.07 Å². The minimum atomic E-state index is 0.0765. The number of fused-ring (bicyclic) bond motifs is 1. The van der Waals surface area contributed by atoms with E-state index in [-0.39, 0.29) is 5.91 Å². The van der Waals surface area contributed by atoms with E-state index in [9.17, 15) is 4.79 Å². The van der Waals surface area contributed by atoms with Gasteiger partial charge in [-0.15, -0.1) is 0 Å². The lowest BCUT2D eigenvalue weighted by molar-refractivity contribution is -0.115. The SMILES string of the molecule is CCOC1CCN(Cc2c(OC)cc(C)c3c2CC(=O)N3)CC1. The van der Waals surface area contributed by atoms with Crippen LogP contribution in [0.25, 0.3) is 0 Å². The minimum absolute atomic E-state index is 0.0765. The summed E-state index contributed by atoms with van der Waals surface area (Å²) in [6, 6.07) is 2.03. The maximum atomic E-state index is 11.8. The average Bonchev–Trinajstić information content (AvgIpc) is 2.94. The zero-order chi connectivity index (χ0) is 16.4. The van der Waals surface area contributed by atoms with Crippen LogP contribution in [0.5, 0.6) is 5.75 Å². The lowest BCUT2D eigenvalue weighted by Gasteiger charge is -2.32. The van der Waals surface area contributed by atoms with Crippen LogP contribution < -0.4 is 10.1 Å². The Labute approximate surface area is 137 Å². The normalized spacial score (nSPS) is 18.8. The lowest BCUT2D eigenvalue weighted by atomic mass is 9.98. The van der Waals surface area contributed by atoms with Gasteiger partial charge in [0.2, 0.25) is 5.91 Å². The van der Waals surface area contributed by atoms with Crippen molar-refractivity contribution in [3.8, 4) is 5.75 Å². The fraction of sp³-hybridized carbons (Fsp3) is 0.611. The first-order valence-corrected chi connectivity index (χ1v) is 8.45. The quantitative estimate of drug-likeness (QED) is 0.906. The van der Waals surface area contributed by atoms with Gasteiger partial charge < -0.3 is 14.8 Å². The summed E-state index contributed by atoms with van der Waals surface area (Å²) in [4.78, 5) is 14.3. The van der Waals surface area contributed by atoms with E-state index in [0.717, 1.165) is 67.2 Å². The Balaban J connectivity index is 1.78. The number of aryl methyl sites for hydroxylation is 1. The number of nitrogens with one attached hydrogen (secondary N) is 1. The third-order valence-corrected chi connectivity index (χ3v) is 4.85. The Morgan fingerprint density at radius 3 is 2.74 bits per heavy atom. The van der Waals surface area contributed by atoms with Gasteiger partial charge in [0.15, 0.2) is 0 Å². The Morgan fingerprint density at radius 2 is 2.09 bits per heavy atom. The number of anilines is 1. The molecule has 23 heavy (non-hydrogen) atoms. The molecule has 0 bridgehead atoms. The number of methoxy groups -OCH3 is 1. The minimum Gasteiger partial charge on any atom is -0.496 e. The zero-order valence-electron chi connectivity index (χ0n) is 14.3. The number of carbonyl (C=O) groups is 1. The summed E-state index contributed by atoms with van der Waals surface area (Å²) in [5.74, 6) is 0.970. The summed E-state index contributed by atoms with van der Waals surface area (Å²) in [7, 11) is 1.70. The maximum Gasteiger partial charge on any atom is 0.228 e. The van der Waals surface area contributed by atoms with Gasteiger partial charge in [-0.3, -0.25) is 9.69 Å². The second-order valence-corrected chi connectivity index (χ2v) is 6.38. The molecule has 1 N–H and O–H groups in total. The molecule has 1 aromatic carbocycles. The van der Waals surface area contributed by atoms with Gasteiger partial charge in [0.25, 0.3) is 0 Å². The van der Waals surface area contributed by atoms with Crippen LogP contribution >= 0.6 is 0 Å². The largest absolute Gasteiger partial charge is 0.496 e. The molecule has 0 aliphatic carbocycles. The monoisotopic (exact) mass is 318 g/mol. The van der Waals surface area contributed by atoms with Crippen LogP contribution in [0.2, 0.25) is 0 Å². The molecule has 2 aliphatic rings. The highest BCUT2D eigenvalue weighted by atomic mass is 16.5. The standard InChI is InChI=1S/C18H26N2O3/c1-4-23-13-5-7-20(8-6-13)11-15-14-10-17(21)19-18(14)12(2)9-16(15)22-3/h9,13H,4-8,10-11H2,1-3H3,(H,19,21). The highest BCUT2D eigenvalue weighted by molar-refractivity contribution is 6.01. The van der Waals surface area contributed by atoms with E-state index in [2.05, 4.69) is 17.1 Å². The molecular formula is C18H26N2O3. The van der Waals surface area contributed by atoms with Crippen molar-refractivity contribution in [2.45, 2.75) is 45.8 Å². The molecule has 0 aromatic heterocycles. The number of hydrogen-bond donors (Lipinski definition) is 1. The van der Waals surface area contributed by atoms with Gasteiger partial charge in [0.1, 0.15) is 5.75 Å². The van der Waals surface area contributed by atoms with E-state index in [1.807, 2.05) is 13.0 Å². The van der Waals surface area contributed by atoms with E-state index in [1.54, 1.807) is 7.11 Å². The molecule has 126 valence electrons. The van der Waals surface area contributed by atoms with Gasteiger partial charge in [-0.25, -0.2) is 0 Å². The van der Waals surface area contributed by atoms with Crippen molar-refractivity contribution in [2.24, 2.45) is 0 Å². The smallest absolute Gasteiger partial charge is 0.228 e. The second kappa shape index (κ2) is 6.89. The van der Waals surface area contributed by atoms with Crippen LogP contribution in [0.3, 0.4) is 0 Å². The van der Waals surface area contributed by atoms with Gasteiger partial charge in [-0.05, 0) is 43.9 Å². The van der Waals surface area contributed by atoms with Crippen molar-refractivity contribution >= 4 is 11.6 Å². The molecule has 2 aliphatic heterocycles. The molecule has 0 spiro atoms. The maximum absolute atomic E-state index is 11.8. The van der Waals surface area contributed by atoms with Crippen LogP contribution in [0.1, 0.15) is 36.5 Å². The van der Waals surface area contributed by atoms with E-state index in [1.165, 1.54) is 0 Å². The van der Waals surface area contributed by atoms with Gasteiger partial charge in [0, 0.05) is 37.5 Å². The zero-order valence-corrected chi connectivity index (χ0v) is 14.3. The number of piperidine rings is 1. The molecule has 0 unspecified atom stereocenters. The Kier molecular flexibility index (Phi) is 4.87. The average molecular weight is 318 g/mol. The van der Waals surface area contributed by atoms with Crippen LogP contribution in [-0.2, 0) is 22.5 Å². The Bertz CT molecular complexity index is 592. The van der Waals surface area contributed by atoms with Gasteiger partial charge in [-0.1, -0.05) is 0 Å². The van der Waals surface area contributed by atoms with Crippen molar-refractivity contribution in [3.05, 3.63) is 22.8 Å². The Morgan fingerprint density at radius 1 is 1.35 bits per heavy atom. The summed E-state index contributed by atoms with van der Waals surface area (Å²) in [6.45, 7) is 7.74. The molecule has 1 saturated heterocycles. The van der Waals surface area contributed by atoms with Crippen LogP contribution in [-0.4, -0.2) is 43.7 Å². The molecule has 0 radical (unpaired) electrons. The number of likely N-dealkylation sites (tertiary alicyclic amines) is 1. The molecule has 0 atom stereocenters. The van der Waals surface area contributed by atoms with Crippen molar-refractivity contribution in [2.75, 3.05) is 32.1 Å². The topological polar surface area (TPSA) is 50.8 Å².